The molecule has 0 bridgehead atoms. The van der Waals surface area contributed by atoms with Crippen LogP contribution in [-0.4, -0.2) is 24.6 Å². The lowest BCUT2D eigenvalue weighted by atomic mass is 10.3. The van der Waals surface area contributed by atoms with E-state index in [0.29, 0.717) is 16.6 Å². The molecule has 3 aromatic heterocycles. The first-order chi connectivity index (χ1) is 8.25. The van der Waals surface area contributed by atoms with Crippen LogP contribution in [0, 0.1) is 0 Å². The summed E-state index contributed by atoms with van der Waals surface area (Å²) >= 11 is 9.45. The molecule has 0 fully saturated rings. The maximum absolute atomic E-state index is 6.08. The maximum atomic E-state index is 6.08. The van der Waals surface area contributed by atoms with Crippen molar-refractivity contribution in [1.29, 1.82) is 0 Å². The van der Waals surface area contributed by atoms with Crippen molar-refractivity contribution < 1.29 is 0 Å². The van der Waals surface area contributed by atoms with Crippen LogP contribution in [0.4, 0.5) is 0 Å². The third-order valence-corrected chi connectivity index (χ3v) is 2.94. The topological polar surface area (TPSA) is 56.0 Å². The number of aromatic nitrogens is 5. The summed E-state index contributed by atoms with van der Waals surface area (Å²) in [5.41, 5.74) is 1.44. The normalized spacial score (nSPS) is 10.9. The third-order valence-electron chi connectivity index (χ3n) is 2.24. The summed E-state index contributed by atoms with van der Waals surface area (Å²) < 4.78 is 2.59. The molecule has 3 heterocycles. The van der Waals surface area contributed by atoms with E-state index in [-0.39, 0.29) is 0 Å². The molecule has 3 aromatic rings. The number of halogens is 2. The van der Waals surface area contributed by atoms with Gasteiger partial charge in [0.15, 0.2) is 11.5 Å². The highest BCUT2D eigenvalue weighted by Gasteiger charge is 2.11. The molecule has 0 spiro atoms. The van der Waals surface area contributed by atoms with Crippen LogP contribution >= 0.6 is 27.5 Å². The van der Waals surface area contributed by atoms with Gasteiger partial charge in [0.05, 0.1) is 12.4 Å². The van der Waals surface area contributed by atoms with E-state index < -0.39 is 0 Å². The summed E-state index contributed by atoms with van der Waals surface area (Å²) in [6.07, 6.45) is 6.56. The fourth-order valence-electron chi connectivity index (χ4n) is 1.53. The van der Waals surface area contributed by atoms with E-state index in [2.05, 4.69) is 36.1 Å². The fourth-order valence-corrected chi connectivity index (χ4v) is 2.12. The summed E-state index contributed by atoms with van der Waals surface area (Å²) in [6, 6.07) is 1.90. The Hall–Kier alpha value is -1.53. The average molecular weight is 311 g/mol. The van der Waals surface area contributed by atoms with Crippen LogP contribution < -0.4 is 0 Å². The molecule has 0 radical (unpaired) electrons. The summed E-state index contributed by atoms with van der Waals surface area (Å²) in [6.45, 7) is 0. The number of nitrogens with zero attached hydrogens (tertiary/aromatic N) is 5. The zero-order valence-corrected chi connectivity index (χ0v) is 10.7. The summed E-state index contributed by atoms with van der Waals surface area (Å²) in [5.74, 6) is 0.640. The van der Waals surface area contributed by atoms with Gasteiger partial charge in [0, 0.05) is 22.4 Å². The van der Waals surface area contributed by atoms with Gasteiger partial charge >= 0.3 is 0 Å². The second-order valence-electron chi connectivity index (χ2n) is 3.34. The molecule has 7 heteroatoms. The standard InChI is InChI=1S/C10H5BrClN5/c11-7-1-6(2-13-3-7)10-16-15-9-5-14-4-8(12)17(9)10/h1-5H. The highest BCUT2D eigenvalue weighted by atomic mass is 79.9. The number of rotatable bonds is 1. The third kappa shape index (κ3) is 1.79. The molecule has 0 aliphatic carbocycles. The first kappa shape index (κ1) is 10.6. The second-order valence-corrected chi connectivity index (χ2v) is 4.64. The second kappa shape index (κ2) is 4.05. The van der Waals surface area contributed by atoms with Crippen LogP contribution in [-0.2, 0) is 0 Å². The van der Waals surface area contributed by atoms with Crippen molar-refractivity contribution in [2.45, 2.75) is 0 Å². The summed E-state index contributed by atoms with van der Waals surface area (Å²) in [7, 11) is 0. The Labute approximate surface area is 110 Å². The van der Waals surface area contributed by atoms with Gasteiger partial charge in [-0.3, -0.25) is 14.4 Å². The number of pyridine rings is 1. The summed E-state index contributed by atoms with van der Waals surface area (Å²) in [4.78, 5) is 8.05. The van der Waals surface area contributed by atoms with Crippen LogP contribution in [0.5, 0.6) is 0 Å². The zero-order chi connectivity index (χ0) is 11.8. The first-order valence-electron chi connectivity index (χ1n) is 4.71. The molecule has 0 saturated heterocycles. The molecule has 84 valence electrons. The minimum Gasteiger partial charge on any atom is -0.263 e. The Kier molecular flexibility index (Phi) is 2.53. The Balaban J connectivity index is 2.31. The van der Waals surface area contributed by atoms with Gasteiger partial charge in [-0.05, 0) is 22.0 Å². The Bertz CT molecular complexity index is 696. The molecular formula is C10H5BrClN5. The molecular weight excluding hydrogens is 306 g/mol. The molecule has 17 heavy (non-hydrogen) atoms. The predicted molar refractivity (Wildman–Crippen MR) is 66.7 cm³/mol. The molecule has 0 aliphatic heterocycles. The van der Waals surface area contributed by atoms with Gasteiger partial charge in [0.2, 0.25) is 0 Å². The molecule has 0 atom stereocenters. The van der Waals surface area contributed by atoms with Crippen molar-refractivity contribution >= 4 is 33.2 Å². The quantitative estimate of drug-likeness (QED) is 0.693. The average Bonchev–Trinajstić information content (AvgIpc) is 2.74. The molecule has 0 unspecified atom stereocenters. The van der Waals surface area contributed by atoms with E-state index in [1.807, 2.05) is 6.07 Å². The number of hydrogen-bond donors (Lipinski definition) is 0. The van der Waals surface area contributed by atoms with Gasteiger partial charge < -0.3 is 0 Å². The van der Waals surface area contributed by atoms with Crippen molar-refractivity contribution in [3.63, 3.8) is 0 Å². The van der Waals surface area contributed by atoms with Crippen LogP contribution in [0.3, 0.4) is 0 Å². The minimum absolute atomic E-state index is 0.461. The first-order valence-corrected chi connectivity index (χ1v) is 5.88. The molecule has 0 N–H and O–H groups in total. The molecule has 5 nitrogen and oxygen atoms in total. The summed E-state index contributed by atoms with van der Waals surface area (Å²) in [5, 5.41) is 8.56. The van der Waals surface area contributed by atoms with E-state index in [1.54, 1.807) is 29.2 Å². The van der Waals surface area contributed by atoms with Crippen LogP contribution in [0.1, 0.15) is 0 Å². The van der Waals surface area contributed by atoms with E-state index in [0.717, 1.165) is 10.0 Å². The fraction of sp³-hybridized carbons (Fsp3) is 0. The Morgan fingerprint density at radius 1 is 1.06 bits per heavy atom. The zero-order valence-electron chi connectivity index (χ0n) is 8.38. The van der Waals surface area contributed by atoms with Gasteiger partial charge in [0.25, 0.3) is 0 Å². The molecule has 0 aliphatic rings. The van der Waals surface area contributed by atoms with Gasteiger partial charge in [-0.15, -0.1) is 10.2 Å². The largest absolute Gasteiger partial charge is 0.263 e. The van der Waals surface area contributed by atoms with Gasteiger partial charge in [-0.25, -0.2) is 0 Å². The van der Waals surface area contributed by atoms with Crippen molar-refractivity contribution in [3.8, 4) is 11.4 Å². The highest BCUT2D eigenvalue weighted by Crippen LogP contribution is 2.23. The minimum atomic E-state index is 0.461. The van der Waals surface area contributed by atoms with E-state index >= 15 is 0 Å². The van der Waals surface area contributed by atoms with E-state index in [1.165, 1.54) is 0 Å². The van der Waals surface area contributed by atoms with Gasteiger partial charge in [-0.1, -0.05) is 11.6 Å². The SMILES string of the molecule is Clc1cncc2nnc(-c3cncc(Br)c3)n12. The Morgan fingerprint density at radius 2 is 1.88 bits per heavy atom. The Morgan fingerprint density at radius 3 is 2.71 bits per heavy atom. The lowest BCUT2D eigenvalue weighted by Gasteiger charge is -2.01. The number of fused-ring (bicyclic) bond motifs is 1. The molecule has 0 amide bonds. The van der Waals surface area contributed by atoms with Crippen molar-refractivity contribution in [3.05, 3.63) is 40.5 Å². The number of hydrogen-bond acceptors (Lipinski definition) is 4. The lowest BCUT2D eigenvalue weighted by molar-refractivity contribution is 1.10. The van der Waals surface area contributed by atoms with Crippen LogP contribution in [0.2, 0.25) is 5.15 Å². The van der Waals surface area contributed by atoms with Crippen LogP contribution in [0.15, 0.2) is 35.3 Å². The molecule has 3 rings (SSSR count). The molecule has 0 aromatic carbocycles. The van der Waals surface area contributed by atoms with Crippen LogP contribution in [0.25, 0.3) is 17.0 Å². The van der Waals surface area contributed by atoms with Crippen molar-refractivity contribution in [2.75, 3.05) is 0 Å². The smallest absolute Gasteiger partial charge is 0.180 e. The monoisotopic (exact) mass is 309 g/mol. The predicted octanol–water partition coefficient (Wildman–Crippen LogP) is 2.60. The van der Waals surface area contributed by atoms with Crippen molar-refractivity contribution in [1.82, 2.24) is 24.6 Å². The molecule has 0 saturated carbocycles. The lowest BCUT2D eigenvalue weighted by Crippen LogP contribution is -1.92. The maximum Gasteiger partial charge on any atom is 0.180 e. The van der Waals surface area contributed by atoms with Gasteiger partial charge in [-0.2, -0.15) is 0 Å². The van der Waals surface area contributed by atoms with Crippen molar-refractivity contribution in [2.24, 2.45) is 0 Å². The van der Waals surface area contributed by atoms with E-state index in [4.69, 9.17) is 11.6 Å². The highest BCUT2D eigenvalue weighted by molar-refractivity contribution is 9.10. The van der Waals surface area contributed by atoms with E-state index in [9.17, 15) is 0 Å². The van der Waals surface area contributed by atoms with Gasteiger partial charge in [0.1, 0.15) is 5.15 Å².